The molecule has 47 heavy (non-hydrogen) atoms. The molecular weight excluding hydrogens is 640 g/mol. The molecule has 0 aliphatic carbocycles. The van der Waals surface area contributed by atoms with E-state index in [4.69, 9.17) is 30.5 Å². The Bertz CT molecular complexity index is 2060. The van der Waals surface area contributed by atoms with E-state index in [0.717, 1.165) is 51.7 Å². The smallest absolute Gasteiger partial charge is 0.303 e. The quantitative estimate of drug-likeness (QED) is 0.163. The Labute approximate surface area is 278 Å². The number of carbonyl (C=O) groups excluding carboxylic acids is 2. The summed E-state index contributed by atoms with van der Waals surface area (Å²) in [5.41, 5.74) is 4.88. The Balaban J connectivity index is 0.999. The van der Waals surface area contributed by atoms with E-state index >= 15 is 0 Å². The van der Waals surface area contributed by atoms with Crippen LogP contribution in [0.25, 0.3) is 31.9 Å². The summed E-state index contributed by atoms with van der Waals surface area (Å²) < 4.78 is 17.9. The number of ether oxygens (including phenoxy) is 2. The first-order valence-electron chi connectivity index (χ1n) is 14.9. The molecule has 0 unspecified atom stereocenters. The van der Waals surface area contributed by atoms with Crippen molar-refractivity contribution in [1.29, 1.82) is 0 Å². The molecule has 1 aliphatic rings. The van der Waals surface area contributed by atoms with Crippen LogP contribution in [0.3, 0.4) is 0 Å². The van der Waals surface area contributed by atoms with Crippen LogP contribution >= 0.6 is 22.9 Å². The number of nitrogens with one attached hydrogen (secondary N) is 1. The molecular formula is C34H29ClN6O5S. The number of esters is 1. The summed E-state index contributed by atoms with van der Waals surface area (Å²) in [5, 5.41) is 3.80. The largest absolute Gasteiger partial charge is 0.456 e. The van der Waals surface area contributed by atoms with Gasteiger partial charge in [-0.3, -0.25) is 24.5 Å². The number of oxazole rings is 1. The van der Waals surface area contributed by atoms with Crippen molar-refractivity contribution in [1.82, 2.24) is 24.8 Å². The highest BCUT2D eigenvalue weighted by Gasteiger charge is 2.22. The molecule has 0 atom stereocenters. The molecule has 11 nitrogen and oxygen atoms in total. The van der Waals surface area contributed by atoms with Gasteiger partial charge in [0.15, 0.2) is 12.2 Å². The summed E-state index contributed by atoms with van der Waals surface area (Å²) >= 11 is 7.56. The van der Waals surface area contributed by atoms with Gasteiger partial charge in [0.2, 0.25) is 0 Å². The topological polar surface area (TPSA) is 123 Å². The number of pyridine rings is 2. The minimum absolute atomic E-state index is 0.161. The average molecular weight is 669 g/mol. The van der Waals surface area contributed by atoms with E-state index in [0.29, 0.717) is 46.7 Å². The lowest BCUT2D eigenvalue weighted by Crippen LogP contribution is -2.49. The minimum Gasteiger partial charge on any atom is -0.456 e. The van der Waals surface area contributed by atoms with Crippen molar-refractivity contribution in [3.8, 4) is 22.1 Å². The van der Waals surface area contributed by atoms with Gasteiger partial charge < -0.3 is 24.1 Å². The average Bonchev–Trinajstić information content (AvgIpc) is 3.70. The highest BCUT2D eigenvalue weighted by molar-refractivity contribution is 7.22. The van der Waals surface area contributed by atoms with Crippen LogP contribution in [0.4, 0.5) is 11.7 Å². The highest BCUT2D eigenvalue weighted by atomic mass is 35.5. The minimum atomic E-state index is -0.450. The van der Waals surface area contributed by atoms with Crippen LogP contribution in [-0.2, 0) is 20.9 Å². The second-order valence-corrected chi connectivity index (χ2v) is 12.5. The molecule has 1 amide bonds. The van der Waals surface area contributed by atoms with E-state index in [-0.39, 0.29) is 12.5 Å². The number of halogens is 1. The lowest BCUT2D eigenvalue weighted by Gasteiger charge is -2.34. The first kappa shape index (κ1) is 30.6. The molecule has 0 bridgehead atoms. The van der Waals surface area contributed by atoms with Gasteiger partial charge in [0.05, 0.1) is 20.8 Å². The fourth-order valence-electron chi connectivity index (χ4n) is 5.26. The molecule has 6 aromatic rings. The molecule has 0 saturated carbocycles. The number of nitrogens with zero attached hydrogens (tertiary/aromatic N) is 5. The van der Waals surface area contributed by atoms with Gasteiger partial charge in [-0.15, -0.1) is 11.3 Å². The summed E-state index contributed by atoms with van der Waals surface area (Å²) in [6, 6.07) is 21.2. The van der Waals surface area contributed by atoms with Crippen LogP contribution in [0.2, 0.25) is 5.02 Å². The number of amides is 1. The van der Waals surface area contributed by atoms with Gasteiger partial charge in [-0.1, -0.05) is 17.7 Å². The molecule has 1 N–H and O–H groups in total. The van der Waals surface area contributed by atoms with Crippen LogP contribution in [0.15, 0.2) is 83.5 Å². The Morgan fingerprint density at radius 2 is 1.81 bits per heavy atom. The highest BCUT2D eigenvalue weighted by Crippen LogP contribution is 2.39. The van der Waals surface area contributed by atoms with Gasteiger partial charge in [0, 0.05) is 74.9 Å². The van der Waals surface area contributed by atoms with Crippen LogP contribution in [0.5, 0.6) is 11.5 Å². The molecule has 0 spiro atoms. The van der Waals surface area contributed by atoms with Crippen molar-refractivity contribution in [3.63, 3.8) is 0 Å². The van der Waals surface area contributed by atoms with E-state index in [1.807, 2.05) is 54.7 Å². The standard InChI is InChI=1S/C34H29ClN6O5S/c1-21(42)44-20-32(43)41-14-12-40(13-15-41)19-22-2-8-26(37-18-22)31-17-28-33(47-31)30(10-11-36-28)45-25-7-9-29-27(16-25)39-34(46-29)38-24-5-3-23(35)4-6-24/h2-11,16-18H,12-15,19-20H2,1H3,(H,38,39). The monoisotopic (exact) mass is 668 g/mol. The number of thiophene rings is 1. The Morgan fingerprint density at radius 3 is 2.57 bits per heavy atom. The number of carbonyl (C=O) groups is 2. The van der Waals surface area contributed by atoms with Crippen LogP contribution < -0.4 is 10.1 Å². The molecule has 238 valence electrons. The molecule has 2 aromatic carbocycles. The second kappa shape index (κ2) is 13.4. The van der Waals surface area contributed by atoms with E-state index in [1.165, 1.54) is 6.92 Å². The molecule has 1 saturated heterocycles. The molecule has 1 fully saturated rings. The van der Waals surface area contributed by atoms with Crippen molar-refractivity contribution < 1.29 is 23.5 Å². The molecule has 7 rings (SSSR count). The van der Waals surface area contributed by atoms with Gasteiger partial charge in [-0.25, -0.2) is 0 Å². The summed E-state index contributed by atoms with van der Waals surface area (Å²) in [7, 11) is 0. The predicted octanol–water partition coefficient (Wildman–Crippen LogP) is 6.90. The number of fused-ring (bicyclic) bond motifs is 2. The molecule has 5 heterocycles. The normalized spacial score (nSPS) is 13.6. The molecule has 13 heteroatoms. The zero-order valence-electron chi connectivity index (χ0n) is 25.3. The van der Waals surface area contributed by atoms with Crippen LogP contribution in [-0.4, -0.2) is 69.4 Å². The Hall–Kier alpha value is -5.04. The fraction of sp³-hybridized carbons (Fsp3) is 0.206. The lowest BCUT2D eigenvalue weighted by molar-refractivity contribution is -0.151. The zero-order valence-corrected chi connectivity index (χ0v) is 26.9. The van der Waals surface area contributed by atoms with Crippen LogP contribution in [0.1, 0.15) is 12.5 Å². The van der Waals surface area contributed by atoms with Gasteiger partial charge in [-0.05, 0) is 54.1 Å². The van der Waals surface area contributed by atoms with E-state index < -0.39 is 5.97 Å². The number of hydrogen-bond acceptors (Lipinski definition) is 11. The number of aromatic nitrogens is 3. The van der Waals surface area contributed by atoms with Crippen molar-refractivity contribution in [2.45, 2.75) is 13.5 Å². The number of piperazine rings is 1. The maximum absolute atomic E-state index is 12.2. The van der Waals surface area contributed by atoms with Crippen molar-refractivity contribution in [2.24, 2.45) is 0 Å². The third kappa shape index (κ3) is 7.19. The molecule has 4 aromatic heterocycles. The van der Waals surface area contributed by atoms with Crippen LogP contribution in [0, 0.1) is 0 Å². The van der Waals surface area contributed by atoms with Gasteiger partial charge in [-0.2, -0.15) is 4.98 Å². The van der Waals surface area contributed by atoms with Crippen molar-refractivity contribution in [2.75, 3.05) is 38.1 Å². The number of hydrogen-bond donors (Lipinski definition) is 1. The summed E-state index contributed by atoms with van der Waals surface area (Å²) in [6.45, 7) is 4.51. The summed E-state index contributed by atoms with van der Waals surface area (Å²) in [5.74, 6) is 0.707. The first-order chi connectivity index (χ1) is 22.9. The predicted molar refractivity (Wildman–Crippen MR) is 180 cm³/mol. The summed E-state index contributed by atoms with van der Waals surface area (Å²) in [6.07, 6.45) is 3.63. The SMILES string of the molecule is CC(=O)OCC(=O)N1CCN(Cc2ccc(-c3cc4nccc(Oc5ccc6oc(Nc7ccc(Cl)cc7)nc6c5)c4s3)nc2)CC1. The lowest BCUT2D eigenvalue weighted by atomic mass is 10.2. The maximum atomic E-state index is 12.2. The third-order valence-corrected chi connectivity index (χ3v) is 9.08. The molecule has 0 radical (unpaired) electrons. The number of benzene rings is 2. The fourth-order valence-corrected chi connectivity index (χ4v) is 6.43. The first-order valence-corrected chi connectivity index (χ1v) is 16.1. The number of rotatable bonds is 9. The third-order valence-electron chi connectivity index (χ3n) is 7.67. The number of anilines is 2. The van der Waals surface area contributed by atoms with Gasteiger partial charge in [0.25, 0.3) is 11.9 Å². The zero-order chi connectivity index (χ0) is 32.3. The Morgan fingerprint density at radius 1 is 0.979 bits per heavy atom. The van der Waals surface area contributed by atoms with Crippen molar-refractivity contribution >= 4 is 67.8 Å². The van der Waals surface area contributed by atoms with Gasteiger partial charge in [0.1, 0.15) is 17.0 Å². The van der Waals surface area contributed by atoms with Crippen molar-refractivity contribution in [3.05, 3.63) is 89.7 Å². The van der Waals surface area contributed by atoms with E-state index in [9.17, 15) is 9.59 Å². The van der Waals surface area contributed by atoms with E-state index in [2.05, 4.69) is 26.3 Å². The molecule has 1 aliphatic heterocycles. The van der Waals surface area contributed by atoms with E-state index in [1.54, 1.807) is 34.6 Å². The summed E-state index contributed by atoms with van der Waals surface area (Å²) in [4.78, 5) is 42.1. The second-order valence-electron chi connectivity index (χ2n) is 11.0. The van der Waals surface area contributed by atoms with Gasteiger partial charge >= 0.3 is 5.97 Å². The maximum Gasteiger partial charge on any atom is 0.303 e. The Kier molecular flexibility index (Phi) is 8.70.